The van der Waals surface area contributed by atoms with E-state index in [1.54, 1.807) is 0 Å². The zero-order chi connectivity index (χ0) is 11.4. The van der Waals surface area contributed by atoms with Gasteiger partial charge in [-0.2, -0.15) is 0 Å². The van der Waals surface area contributed by atoms with Crippen LogP contribution in [0, 0.1) is 12.8 Å². The largest absolute Gasteiger partial charge is 0.238 e. The predicted molar refractivity (Wildman–Crippen MR) is 64.3 cm³/mol. The molecule has 1 aromatic rings. The van der Waals surface area contributed by atoms with Gasteiger partial charge in [0.05, 0.1) is 0 Å². The summed E-state index contributed by atoms with van der Waals surface area (Å²) >= 11 is 6.06. The molecule has 0 unspecified atom stereocenters. The topological polar surface area (TPSA) is 25.8 Å². The van der Waals surface area contributed by atoms with Crippen molar-refractivity contribution in [2.75, 3.05) is 0 Å². The van der Waals surface area contributed by atoms with Crippen molar-refractivity contribution in [1.82, 2.24) is 9.97 Å². The van der Waals surface area contributed by atoms with Crippen molar-refractivity contribution in [3.05, 3.63) is 22.2 Å². The molecule has 1 rings (SSSR count). The SMILES string of the molecule is CCc1nc(CCC(C)C)nc(Cl)c1C. The second kappa shape index (κ2) is 5.45. The third-order valence-corrected chi connectivity index (χ3v) is 2.88. The Morgan fingerprint density at radius 1 is 1.27 bits per heavy atom. The van der Waals surface area contributed by atoms with E-state index < -0.39 is 0 Å². The minimum Gasteiger partial charge on any atom is -0.238 e. The van der Waals surface area contributed by atoms with Gasteiger partial charge in [0.15, 0.2) is 0 Å². The van der Waals surface area contributed by atoms with E-state index in [2.05, 4.69) is 30.7 Å². The second-order valence-corrected chi connectivity index (χ2v) is 4.65. The van der Waals surface area contributed by atoms with Crippen LogP contribution in [-0.4, -0.2) is 9.97 Å². The van der Waals surface area contributed by atoms with Crippen LogP contribution in [0.4, 0.5) is 0 Å². The van der Waals surface area contributed by atoms with Crippen molar-refractivity contribution >= 4 is 11.6 Å². The molecule has 1 aromatic heterocycles. The molecule has 0 saturated heterocycles. The predicted octanol–water partition coefficient (Wildman–Crippen LogP) is 3.59. The second-order valence-electron chi connectivity index (χ2n) is 4.29. The number of nitrogens with zero attached hydrogens (tertiary/aromatic N) is 2. The van der Waals surface area contributed by atoms with Gasteiger partial charge in [-0.25, -0.2) is 9.97 Å². The maximum Gasteiger partial charge on any atom is 0.135 e. The summed E-state index contributed by atoms with van der Waals surface area (Å²) < 4.78 is 0. The summed E-state index contributed by atoms with van der Waals surface area (Å²) in [5.74, 6) is 1.56. The molecule has 0 bridgehead atoms. The molecule has 0 radical (unpaired) electrons. The summed E-state index contributed by atoms with van der Waals surface area (Å²) in [7, 11) is 0. The quantitative estimate of drug-likeness (QED) is 0.734. The molecule has 1 heterocycles. The van der Waals surface area contributed by atoms with Gasteiger partial charge in [-0.15, -0.1) is 0 Å². The number of rotatable bonds is 4. The molecule has 0 atom stereocenters. The molecule has 0 amide bonds. The van der Waals surface area contributed by atoms with Gasteiger partial charge in [-0.05, 0) is 25.7 Å². The third-order valence-electron chi connectivity index (χ3n) is 2.51. The number of aryl methyl sites for hydroxylation is 2. The molecule has 0 N–H and O–H groups in total. The maximum absolute atomic E-state index is 6.06. The lowest BCUT2D eigenvalue weighted by Crippen LogP contribution is -2.04. The molecule has 0 spiro atoms. The van der Waals surface area contributed by atoms with Gasteiger partial charge >= 0.3 is 0 Å². The first-order chi connectivity index (χ1) is 7.04. The van der Waals surface area contributed by atoms with E-state index in [1.165, 1.54) is 0 Å². The number of hydrogen-bond acceptors (Lipinski definition) is 2. The van der Waals surface area contributed by atoms with E-state index in [0.717, 1.165) is 36.3 Å². The molecule has 0 fully saturated rings. The fraction of sp³-hybridized carbons (Fsp3) is 0.667. The van der Waals surface area contributed by atoms with Crippen LogP contribution in [-0.2, 0) is 12.8 Å². The van der Waals surface area contributed by atoms with Crippen LogP contribution in [0.3, 0.4) is 0 Å². The molecule has 0 aliphatic rings. The van der Waals surface area contributed by atoms with E-state index in [0.29, 0.717) is 11.1 Å². The van der Waals surface area contributed by atoms with E-state index >= 15 is 0 Å². The minimum absolute atomic E-state index is 0.612. The maximum atomic E-state index is 6.06. The molecule has 0 aromatic carbocycles. The van der Waals surface area contributed by atoms with Crippen molar-refractivity contribution in [2.24, 2.45) is 5.92 Å². The van der Waals surface area contributed by atoms with Crippen molar-refractivity contribution in [3.8, 4) is 0 Å². The molecule has 15 heavy (non-hydrogen) atoms. The van der Waals surface area contributed by atoms with Gasteiger partial charge < -0.3 is 0 Å². The Balaban J connectivity index is 2.86. The smallest absolute Gasteiger partial charge is 0.135 e. The van der Waals surface area contributed by atoms with Crippen molar-refractivity contribution in [3.63, 3.8) is 0 Å². The lowest BCUT2D eigenvalue weighted by Gasteiger charge is -2.08. The Morgan fingerprint density at radius 3 is 2.47 bits per heavy atom. The molecular formula is C12H19ClN2. The Kier molecular flexibility index (Phi) is 4.52. The van der Waals surface area contributed by atoms with E-state index in [4.69, 9.17) is 11.6 Å². The van der Waals surface area contributed by atoms with Gasteiger partial charge in [-0.3, -0.25) is 0 Å². The van der Waals surface area contributed by atoms with Gasteiger partial charge in [-0.1, -0.05) is 32.4 Å². The fourth-order valence-corrected chi connectivity index (χ4v) is 1.66. The van der Waals surface area contributed by atoms with Crippen LogP contribution in [0.5, 0.6) is 0 Å². The van der Waals surface area contributed by atoms with E-state index in [1.807, 2.05) is 6.92 Å². The third kappa shape index (κ3) is 3.45. The molecule has 0 saturated carbocycles. The average molecular weight is 227 g/mol. The first kappa shape index (κ1) is 12.4. The summed E-state index contributed by atoms with van der Waals surface area (Å²) in [5, 5.41) is 0.612. The van der Waals surface area contributed by atoms with Crippen LogP contribution in [0.1, 0.15) is 44.3 Å². The van der Waals surface area contributed by atoms with Gasteiger partial charge in [0.2, 0.25) is 0 Å². The number of halogens is 1. The van der Waals surface area contributed by atoms with Crippen LogP contribution < -0.4 is 0 Å². The zero-order valence-corrected chi connectivity index (χ0v) is 10.7. The average Bonchev–Trinajstić information content (AvgIpc) is 2.19. The number of hydrogen-bond donors (Lipinski definition) is 0. The van der Waals surface area contributed by atoms with Crippen LogP contribution >= 0.6 is 11.6 Å². The monoisotopic (exact) mass is 226 g/mol. The lowest BCUT2D eigenvalue weighted by atomic mass is 10.1. The van der Waals surface area contributed by atoms with Gasteiger partial charge in [0.25, 0.3) is 0 Å². The first-order valence-electron chi connectivity index (χ1n) is 5.56. The van der Waals surface area contributed by atoms with Crippen LogP contribution in [0.15, 0.2) is 0 Å². The highest BCUT2D eigenvalue weighted by Crippen LogP contribution is 2.17. The highest BCUT2D eigenvalue weighted by Gasteiger charge is 2.08. The summed E-state index contributed by atoms with van der Waals surface area (Å²) in [6.45, 7) is 8.48. The normalized spacial score (nSPS) is 11.1. The summed E-state index contributed by atoms with van der Waals surface area (Å²) in [6, 6.07) is 0. The van der Waals surface area contributed by atoms with Crippen molar-refractivity contribution in [2.45, 2.75) is 47.0 Å². The summed E-state index contributed by atoms with van der Waals surface area (Å²) in [6.07, 6.45) is 2.95. The lowest BCUT2D eigenvalue weighted by molar-refractivity contribution is 0.573. The van der Waals surface area contributed by atoms with Crippen LogP contribution in [0.2, 0.25) is 5.15 Å². The molecule has 3 heteroatoms. The highest BCUT2D eigenvalue weighted by atomic mass is 35.5. The number of aromatic nitrogens is 2. The zero-order valence-electron chi connectivity index (χ0n) is 9.97. The Labute approximate surface area is 97.1 Å². The van der Waals surface area contributed by atoms with E-state index in [-0.39, 0.29) is 0 Å². The molecular weight excluding hydrogens is 208 g/mol. The first-order valence-corrected chi connectivity index (χ1v) is 5.94. The molecule has 0 aliphatic carbocycles. The van der Waals surface area contributed by atoms with Gasteiger partial charge in [0, 0.05) is 17.7 Å². The summed E-state index contributed by atoms with van der Waals surface area (Å²) in [5.41, 5.74) is 2.10. The van der Waals surface area contributed by atoms with Crippen LogP contribution in [0.25, 0.3) is 0 Å². The highest BCUT2D eigenvalue weighted by molar-refractivity contribution is 6.30. The Bertz CT molecular complexity index is 335. The summed E-state index contributed by atoms with van der Waals surface area (Å²) in [4.78, 5) is 8.84. The Morgan fingerprint density at radius 2 is 1.93 bits per heavy atom. The standard InChI is InChI=1S/C12H19ClN2/c1-5-10-9(4)12(13)15-11(14-10)7-6-8(2)3/h8H,5-7H2,1-4H3. The van der Waals surface area contributed by atoms with Crippen molar-refractivity contribution in [1.29, 1.82) is 0 Å². The fourth-order valence-electron chi connectivity index (χ4n) is 1.45. The molecule has 0 aliphatic heterocycles. The van der Waals surface area contributed by atoms with Gasteiger partial charge in [0.1, 0.15) is 11.0 Å². The van der Waals surface area contributed by atoms with E-state index in [9.17, 15) is 0 Å². The Hall–Kier alpha value is -0.630. The minimum atomic E-state index is 0.612. The molecule has 2 nitrogen and oxygen atoms in total. The van der Waals surface area contributed by atoms with Crippen molar-refractivity contribution < 1.29 is 0 Å². The molecule has 84 valence electrons.